The summed E-state index contributed by atoms with van der Waals surface area (Å²) in [5.74, 6) is -1.00. The highest BCUT2D eigenvalue weighted by Crippen LogP contribution is 2.16. The number of hydrogen-bond acceptors (Lipinski definition) is 3. The second kappa shape index (κ2) is 5.68. The van der Waals surface area contributed by atoms with Gasteiger partial charge in [-0.3, -0.25) is 0 Å². The van der Waals surface area contributed by atoms with Crippen molar-refractivity contribution >= 4 is 16.9 Å². The Balaban J connectivity index is 0.000000437. The van der Waals surface area contributed by atoms with Crippen LogP contribution in [0, 0.1) is 11.3 Å². The molecule has 0 bridgehead atoms. The number of carbonyl (C=O) groups is 1. The maximum Gasteiger partial charge on any atom is 0.352 e. The summed E-state index contributed by atoms with van der Waals surface area (Å²) >= 11 is 0. The first kappa shape index (κ1) is 12.7. The summed E-state index contributed by atoms with van der Waals surface area (Å²) in [4.78, 5) is 13.4. The number of rotatable bonds is 1. The van der Waals surface area contributed by atoms with E-state index < -0.39 is 5.97 Å². The van der Waals surface area contributed by atoms with E-state index in [9.17, 15) is 4.79 Å². The van der Waals surface area contributed by atoms with E-state index in [4.69, 9.17) is 15.5 Å². The molecule has 0 radical (unpaired) electrons. The number of aliphatic hydroxyl groups is 1. The number of aliphatic hydroxyl groups excluding tert-OH is 1. The highest BCUT2D eigenvalue weighted by molar-refractivity contribution is 5.94. The fraction of sp³-hybridized carbons (Fsp3) is 0.167. The summed E-state index contributed by atoms with van der Waals surface area (Å²) in [6.07, 6.45) is 0. The number of aromatic amines is 1. The molecular weight excluding hydrogens is 220 g/mol. The van der Waals surface area contributed by atoms with Crippen molar-refractivity contribution in [3.05, 3.63) is 35.5 Å². The molecule has 5 nitrogen and oxygen atoms in total. The van der Waals surface area contributed by atoms with E-state index in [2.05, 4.69) is 4.98 Å². The van der Waals surface area contributed by atoms with Crippen LogP contribution in [0.25, 0.3) is 10.9 Å². The average Bonchev–Trinajstić information content (AvgIpc) is 2.72. The molecule has 0 saturated heterocycles. The van der Waals surface area contributed by atoms with Gasteiger partial charge in [-0.1, -0.05) is 0 Å². The van der Waals surface area contributed by atoms with Crippen LogP contribution in [0.15, 0.2) is 24.3 Å². The lowest BCUT2D eigenvalue weighted by Gasteiger charge is -1.88. The van der Waals surface area contributed by atoms with Crippen LogP contribution in [-0.2, 0) is 0 Å². The number of aromatic nitrogens is 1. The van der Waals surface area contributed by atoms with Crippen LogP contribution in [-0.4, -0.2) is 27.8 Å². The molecule has 0 aliphatic rings. The maximum absolute atomic E-state index is 10.6. The molecule has 0 saturated carbocycles. The van der Waals surface area contributed by atoms with Gasteiger partial charge in [0.25, 0.3) is 0 Å². The van der Waals surface area contributed by atoms with E-state index >= 15 is 0 Å². The first-order valence-corrected chi connectivity index (χ1v) is 4.99. The predicted molar refractivity (Wildman–Crippen MR) is 62.7 cm³/mol. The van der Waals surface area contributed by atoms with Gasteiger partial charge in [0.1, 0.15) is 5.69 Å². The van der Waals surface area contributed by atoms with Crippen LogP contribution in [0.4, 0.5) is 0 Å². The predicted octanol–water partition coefficient (Wildman–Crippen LogP) is 1.74. The monoisotopic (exact) mass is 232 g/mol. The SMILES string of the molecule is CCO.N#Cc1ccc2[nH]c(C(=O)O)cc2c1. The molecule has 1 aromatic heterocycles. The number of benzene rings is 1. The van der Waals surface area contributed by atoms with Gasteiger partial charge in [-0.05, 0) is 31.2 Å². The topological polar surface area (TPSA) is 97.1 Å². The highest BCUT2D eigenvalue weighted by Gasteiger charge is 2.06. The summed E-state index contributed by atoms with van der Waals surface area (Å²) in [5.41, 5.74) is 1.38. The van der Waals surface area contributed by atoms with Gasteiger partial charge in [0.05, 0.1) is 11.6 Å². The molecule has 3 N–H and O–H groups in total. The Kier molecular flexibility index (Phi) is 4.26. The molecule has 2 aromatic rings. The van der Waals surface area contributed by atoms with Crippen LogP contribution in [0.2, 0.25) is 0 Å². The number of hydrogen-bond donors (Lipinski definition) is 3. The maximum atomic E-state index is 10.6. The molecule has 0 aliphatic heterocycles. The zero-order valence-corrected chi connectivity index (χ0v) is 9.27. The molecule has 88 valence electrons. The standard InChI is InChI=1S/C10H6N2O2.C2H6O/c11-5-6-1-2-8-7(3-6)4-9(12-8)10(13)14;1-2-3/h1-4,12H,(H,13,14);3H,2H2,1H3. The quantitative estimate of drug-likeness (QED) is 0.697. The molecule has 1 heterocycles. The van der Waals surface area contributed by atoms with Crippen LogP contribution in [0.3, 0.4) is 0 Å². The van der Waals surface area contributed by atoms with Crippen molar-refractivity contribution in [2.45, 2.75) is 6.92 Å². The Morgan fingerprint density at radius 2 is 2.12 bits per heavy atom. The first-order chi connectivity index (χ1) is 8.12. The minimum absolute atomic E-state index is 0.134. The van der Waals surface area contributed by atoms with Crippen molar-refractivity contribution < 1.29 is 15.0 Å². The first-order valence-electron chi connectivity index (χ1n) is 4.99. The lowest BCUT2D eigenvalue weighted by Crippen LogP contribution is -1.94. The second-order valence-electron chi connectivity index (χ2n) is 3.22. The van der Waals surface area contributed by atoms with Gasteiger partial charge in [0, 0.05) is 17.5 Å². The molecule has 5 heteroatoms. The average molecular weight is 232 g/mol. The van der Waals surface area contributed by atoms with Gasteiger partial charge in [0.2, 0.25) is 0 Å². The Labute approximate surface area is 97.9 Å². The van der Waals surface area contributed by atoms with Gasteiger partial charge in [-0.2, -0.15) is 5.26 Å². The summed E-state index contributed by atoms with van der Waals surface area (Å²) in [7, 11) is 0. The van der Waals surface area contributed by atoms with Crippen molar-refractivity contribution in [3.63, 3.8) is 0 Å². The van der Waals surface area contributed by atoms with Crippen LogP contribution < -0.4 is 0 Å². The third-order valence-corrected chi connectivity index (χ3v) is 1.98. The van der Waals surface area contributed by atoms with E-state index in [1.165, 1.54) is 6.07 Å². The molecule has 1 aromatic carbocycles. The largest absolute Gasteiger partial charge is 0.477 e. The lowest BCUT2D eigenvalue weighted by atomic mass is 10.2. The molecule has 17 heavy (non-hydrogen) atoms. The summed E-state index contributed by atoms with van der Waals surface area (Å²) < 4.78 is 0. The molecule has 0 amide bonds. The van der Waals surface area contributed by atoms with E-state index in [0.717, 1.165) is 10.9 Å². The van der Waals surface area contributed by atoms with Gasteiger partial charge in [-0.25, -0.2) is 4.79 Å². The van der Waals surface area contributed by atoms with Crippen LogP contribution in [0.1, 0.15) is 23.0 Å². The lowest BCUT2D eigenvalue weighted by molar-refractivity contribution is 0.0691. The van der Waals surface area contributed by atoms with Crippen molar-refractivity contribution in [2.75, 3.05) is 6.61 Å². The Bertz CT molecular complexity index is 567. The van der Waals surface area contributed by atoms with E-state index in [0.29, 0.717) is 5.56 Å². The van der Waals surface area contributed by atoms with Gasteiger partial charge < -0.3 is 15.2 Å². The zero-order valence-electron chi connectivity index (χ0n) is 9.27. The van der Waals surface area contributed by atoms with Crippen LogP contribution in [0.5, 0.6) is 0 Å². The van der Waals surface area contributed by atoms with E-state index in [1.54, 1.807) is 25.1 Å². The number of nitriles is 1. The van der Waals surface area contributed by atoms with Crippen LogP contribution >= 0.6 is 0 Å². The number of nitrogens with zero attached hydrogens (tertiary/aromatic N) is 1. The molecule has 0 atom stereocenters. The molecule has 0 unspecified atom stereocenters. The van der Waals surface area contributed by atoms with Gasteiger partial charge in [-0.15, -0.1) is 0 Å². The van der Waals surface area contributed by atoms with Crippen molar-refractivity contribution in [2.24, 2.45) is 0 Å². The van der Waals surface area contributed by atoms with Crippen molar-refractivity contribution in [1.82, 2.24) is 4.98 Å². The highest BCUT2D eigenvalue weighted by atomic mass is 16.4. The number of nitrogens with one attached hydrogen (secondary N) is 1. The number of H-pyrrole nitrogens is 1. The third-order valence-electron chi connectivity index (χ3n) is 1.98. The minimum atomic E-state index is -1.00. The second-order valence-corrected chi connectivity index (χ2v) is 3.22. The third kappa shape index (κ3) is 3.06. The Morgan fingerprint density at radius 1 is 1.47 bits per heavy atom. The number of carboxylic acids is 1. The van der Waals surface area contributed by atoms with Gasteiger partial charge >= 0.3 is 5.97 Å². The number of aromatic carboxylic acids is 1. The van der Waals surface area contributed by atoms with Crippen molar-refractivity contribution in [3.8, 4) is 6.07 Å². The van der Waals surface area contributed by atoms with Crippen molar-refractivity contribution in [1.29, 1.82) is 5.26 Å². The zero-order chi connectivity index (χ0) is 12.8. The Hall–Kier alpha value is -2.32. The van der Waals surface area contributed by atoms with E-state index in [1.807, 2.05) is 6.07 Å². The smallest absolute Gasteiger partial charge is 0.352 e. The molecule has 0 fully saturated rings. The summed E-state index contributed by atoms with van der Waals surface area (Å²) in [6, 6.07) is 8.50. The fourth-order valence-electron chi connectivity index (χ4n) is 1.32. The molecule has 0 aliphatic carbocycles. The normalized spacial score (nSPS) is 9.24. The molecular formula is C12H12N2O3. The molecule has 0 spiro atoms. The number of fused-ring (bicyclic) bond motifs is 1. The van der Waals surface area contributed by atoms with E-state index in [-0.39, 0.29) is 12.3 Å². The molecule has 2 rings (SSSR count). The summed E-state index contributed by atoms with van der Waals surface area (Å²) in [5, 5.41) is 25.7. The van der Waals surface area contributed by atoms with Gasteiger partial charge in [0.15, 0.2) is 0 Å². The fourth-order valence-corrected chi connectivity index (χ4v) is 1.32. The number of carboxylic acid groups (broad SMARTS) is 1. The minimum Gasteiger partial charge on any atom is -0.477 e. The summed E-state index contributed by atoms with van der Waals surface area (Å²) in [6.45, 7) is 1.93. The Morgan fingerprint density at radius 3 is 2.65 bits per heavy atom.